The first kappa shape index (κ1) is 17.5. The van der Waals surface area contributed by atoms with Gasteiger partial charge in [-0.15, -0.1) is 0 Å². The Morgan fingerprint density at radius 2 is 2.12 bits per heavy atom. The summed E-state index contributed by atoms with van der Waals surface area (Å²) < 4.78 is 1.98. The molecule has 3 heterocycles. The van der Waals surface area contributed by atoms with Crippen molar-refractivity contribution in [1.82, 2.24) is 29.6 Å². The minimum atomic E-state index is -0.217. The zero-order chi connectivity index (χ0) is 17.8. The number of carbonyl (C=O) groups is 1. The Morgan fingerprint density at radius 3 is 2.80 bits per heavy atom. The highest BCUT2D eigenvalue weighted by molar-refractivity contribution is 5.93. The fourth-order valence-corrected chi connectivity index (χ4v) is 3.32. The van der Waals surface area contributed by atoms with Gasteiger partial charge in [-0.2, -0.15) is 5.10 Å². The molecule has 0 radical (unpaired) electrons. The highest BCUT2D eigenvalue weighted by atomic mass is 16.2. The molecule has 1 N–H and O–H groups in total. The number of aromatic nitrogens is 5. The second-order valence-corrected chi connectivity index (χ2v) is 6.63. The monoisotopic (exact) mass is 343 g/mol. The van der Waals surface area contributed by atoms with Crippen LogP contribution in [0.15, 0.2) is 18.5 Å². The molecule has 0 saturated carbocycles. The smallest absolute Gasteiger partial charge is 0.243 e. The molecule has 134 valence electrons. The molecule has 0 aromatic carbocycles. The van der Waals surface area contributed by atoms with Crippen LogP contribution in [0, 0.1) is 19.8 Å². The molecule has 0 spiro atoms. The maximum atomic E-state index is 12.5. The lowest BCUT2D eigenvalue weighted by Crippen LogP contribution is -2.47. The molecule has 1 fully saturated rings. The van der Waals surface area contributed by atoms with Crippen LogP contribution in [0.5, 0.6) is 0 Å². The molecule has 1 saturated heterocycles. The average Bonchev–Trinajstić information content (AvgIpc) is 2.92. The molecule has 2 atom stereocenters. The van der Waals surface area contributed by atoms with Crippen molar-refractivity contribution < 1.29 is 4.79 Å². The topological polar surface area (TPSA) is 88.8 Å². The molecule has 0 unspecified atom stereocenters. The Balaban J connectivity index is 1.58. The molecule has 25 heavy (non-hydrogen) atoms. The Morgan fingerprint density at radius 1 is 1.36 bits per heavy atom. The van der Waals surface area contributed by atoms with Gasteiger partial charge in [0, 0.05) is 25.5 Å². The van der Waals surface area contributed by atoms with E-state index >= 15 is 0 Å². The molecule has 2 aromatic heterocycles. The summed E-state index contributed by atoms with van der Waals surface area (Å²) in [5.74, 6) is 2.50. The van der Waals surface area contributed by atoms with E-state index in [0.29, 0.717) is 11.9 Å². The number of hydrogen-bond donors (Lipinski definition) is 1. The van der Waals surface area contributed by atoms with E-state index in [1.165, 1.54) is 0 Å². The summed E-state index contributed by atoms with van der Waals surface area (Å²) in [6.07, 6.45) is 5.46. The molecule has 1 aliphatic heterocycles. The first-order valence-electron chi connectivity index (χ1n) is 8.73. The second-order valence-electron chi connectivity index (χ2n) is 6.63. The fourth-order valence-electron chi connectivity index (χ4n) is 3.32. The zero-order valence-electron chi connectivity index (χ0n) is 15.0. The van der Waals surface area contributed by atoms with Gasteiger partial charge in [0.1, 0.15) is 11.6 Å². The largest absolute Gasteiger partial charge is 0.293 e. The number of rotatable bonds is 5. The van der Waals surface area contributed by atoms with Crippen molar-refractivity contribution >= 4 is 11.9 Å². The highest BCUT2D eigenvalue weighted by Crippen LogP contribution is 2.21. The predicted octanol–water partition coefficient (Wildman–Crippen LogP) is 1.42. The highest BCUT2D eigenvalue weighted by Gasteiger charge is 2.28. The third-order valence-electron chi connectivity index (χ3n) is 4.67. The van der Waals surface area contributed by atoms with Gasteiger partial charge in [0.2, 0.25) is 11.9 Å². The third kappa shape index (κ3) is 4.39. The molecule has 1 amide bonds. The minimum Gasteiger partial charge on any atom is -0.293 e. The molecular formula is C17H25N7O. The summed E-state index contributed by atoms with van der Waals surface area (Å²) >= 11 is 0. The standard InChI is InChI=1S/C17H25N7O/c1-12(16(25)21-17-18-7-5-8-19-17)23-9-4-6-15(10-23)11-24-14(3)20-13(2)22-24/h5,7-8,12,15H,4,6,9-11H2,1-3H3,(H,18,19,21,25)/t12-,15-/m0/s1. The number of likely N-dealkylation sites (tertiary alicyclic amines) is 1. The van der Waals surface area contributed by atoms with E-state index in [-0.39, 0.29) is 11.9 Å². The van der Waals surface area contributed by atoms with Crippen LogP contribution in [0.1, 0.15) is 31.4 Å². The number of nitrogens with zero attached hydrogens (tertiary/aromatic N) is 6. The lowest BCUT2D eigenvalue weighted by atomic mass is 9.96. The lowest BCUT2D eigenvalue weighted by molar-refractivity contribution is -0.121. The van der Waals surface area contributed by atoms with Crippen molar-refractivity contribution in [1.29, 1.82) is 0 Å². The van der Waals surface area contributed by atoms with Crippen LogP contribution >= 0.6 is 0 Å². The van der Waals surface area contributed by atoms with Gasteiger partial charge < -0.3 is 0 Å². The van der Waals surface area contributed by atoms with Crippen molar-refractivity contribution in [2.75, 3.05) is 18.4 Å². The zero-order valence-corrected chi connectivity index (χ0v) is 15.0. The van der Waals surface area contributed by atoms with E-state index in [2.05, 4.69) is 30.3 Å². The fraction of sp³-hybridized carbons (Fsp3) is 0.588. The van der Waals surface area contributed by atoms with E-state index in [1.54, 1.807) is 18.5 Å². The van der Waals surface area contributed by atoms with Crippen LogP contribution in [-0.2, 0) is 11.3 Å². The Kier molecular flexibility index (Phi) is 5.37. The Hall–Kier alpha value is -2.35. The van der Waals surface area contributed by atoms with Gasteiger partial charge in [-0.25, -0.2) is 19.6 Å². The summed E-state index contributed by atoms with van der Waals surface area (Å²) in [5.41, 5.74) is 0. The van der Waals surface area contributed by atoms with Gasteiger partial charge in [0.05, 0.1) is 6.04 Å². The lowest BCUT2D eigenvalue weighted by Gasteiger charge is -2.36. The van der Waals surface area contributed by atoms with Gasteiger partial charge in [0.15, 0.2) is 0 Å². The number of carbonyl (C=O) groups excluding carboxylic acids is 1. The van der Waals surface area contributed by atoms with Crippen LogP contribution in [0.4, 0.5) is 5.95 Å². The summed E-state index contributed by atoms with van der Waals surface area (Å²) in [6.45, 7) is 8.48. The minimum absolute atomic E-state index is 0.0698. The average molecular weight is 343 g/mol. The van der Waals surface area contributed by atoms with Gasteiger partial charge >= 0.3 is 0 Å². The van der Waals surface area contributed by atoms with Crippen molar-refractivity contribution in [2.45, 2.75) is 46.2 Å². The number of amides is 1. The summed E-state index contributed by atoms with van der Waals surface area (Å²) in [6, 6.07) is 1.51. The molecule has 3 rings (SSSR count). The maximum Gasteiger partial charge on any atom is 0.243 e. The molecule has 8 heteroatoms. The number of aryl methyl sites for hydroxylation is 2. The van der Waals surface area contributed by atoms with E-state index in [1.807, 2.05) is 25.5 Å². The Labute approximate surface area is 147 Å². The normalized spacial score (nSPS) is 19.6. The van der Waals surface area contributed by atoms with E-state index in [9.17, 15) is 4.79 Å². The van der Waals surface area contributed by atoms with Gasteiger partial charge in [-0.3, -0.25) is 15.0 Å². The van der Waals surface area contributed by atoms with Crippen molar-refractivity contribution in [3.63, 3.8) is 0 Å². The van der Waals surface area contributed by atoms with Crippen LogP contribution in [0.3, 0.4) is 0 Å². The van der Waals surface area contributed by atoms with Crippen LogP contribution in [-0.4, -0.2) is 54.7 Å². The van der Waals surface area contributed by atoms with E-state index in [0.717, 1.165) is 44.1 Å². The summed E-state index contributed by atoms with van der Waals surface area (Å²) in [5, 5.41) is 7.24. The summed E-state index contributed by atoms with van der Waals surface area (Å²) in [7, 11) is 0. The van der Waals surface area contributed by atoms with Crippen LogP contribution < -0.4 is 5.32 Å². The maximum absolute atomic E-state index is 12.5. The van der Waals surface area contributed by atoms with Gasteiger partial charge in [0.25, 0.3) is 0 Å². The molecule has 0 aliphatic carbocycles. The quantitative estimate of drug-likeness (QED) is 0.883. The van der Waals surface area contributed by atoms with Crippen molar-refractivity contribution in [3.8, 4) is 0 Å². The molecular weight excluding hydrogens is 318 g/mol. The van der Waals surface area contributed by atoms with Gasteiger partial charge in [-0.1, -0.05) is 0 Å². The molecule has 1 aliphatic rings. The van der Waals surface area contributed by atoms with Crippen LogP contribution in [0.2, 0.25) is 0 Å². The Bertz CT molecular complexity index is 715. The van der Waals surface area contributed by atoms with Crippen LogP contribution in [0.25, 0.3) is 0 Å². The third-order valence-corrected chi connectivity index (χ3v) is 4.67. The number of anilines is 1. The first-order chi connectivity index (χ1) is 12.0. The van der Waals surface area contributed by atoms with E-state index in [4.69, 9.17) is 0 Å². The number of nitrogens with one attached hydrogen (secondary N) is 1. The van der Waals surface area contributed by atoms with Gasteiger partial charge in [-0.05, 0) is 52.1 Å². The number of hydrogen-bond acceptors (Lipinski definition) is 6. The molecule has 8 nitrogen and oxygen atoms in total. The predicted molar refractivity (Wildman–Crippen MR) is 93.9 cm³/mol. The molecule has 2 aromatic rings. The summed E-state index contributed by atoms with van der Waals surface area (Å²) in [4.78, 5) is 27.2. The van der Waals surface area contributed by atoms with Crippen molar-refractivity contribution in [3.05, 3.63) is 30.1 Å². The van der Waals surface area contributed by atoms with E-state index < -0.39 is 0 Å². The van der Waals surface area contributed by atoms with Crippen molar-refractivity contribution in [2.24, 2.45) is 5.92 Å². The SMILES string of the molecule is Cc1nc(C)n(C[C@H]2CCCN([C@@H](C)C(=O)Nc3ncccn3)C2)n1. The first-order valence-corrected chi connectivity index (χ1v) is 8.73. The molecule has 0 bridgehead atoms. The second kappa shape index (κ2) is 7.69. The number of piperidine rings is 1.